The Morgan fingerprint density at radius 2 is 2.05 bits per heavy atom. The molecule has 0 aromatic heterocycles. The predicted octanol–water partition coefficient (Wildman–Crippen LogP) is 1.04. The van der Waals surface area contributed by atoms with E-state index in [-0.39, 0.29) is 0 Å². The molecular formula is C10H12BrN3O4S. The summed E-state index contributed by atoms with van der Waals surface area (Å²) in [4.78, 5) is 0. The first-order valence-corrected chi connectivity index (χ1v) is 6.93. The van der Waals surface area contributed by atoms with E-state index in [0.29, 0.717) is 5.56 Å². The van der Waals surface area contributed by atoms with Crippen molar-refractivity contribution in [2.75, 3.05) is 19.4 Å². The van der Waals surface area contributed by atoms with Crippen LogP contribution in [-0.4, -0.2) is 42.5 Å². The van der Waals surface area contributed by atoms with E-state index in [2.05, 4.69) is 27.3 Å². The first kappa shape index (κ1) is 17.5. The predicted molar refractivity (Wildman–Crippen MR) is 73.0 cm³/mol. The van der Waals surface area contributed by atoms with Gasteiger partial charge in [0.1, 0.15) is 11.8 Å². The number of halogens is 1. The van der Waals surface area contributed by atoms with Gasteiger partial charge in [-0.2, -0.15) is 5.26 Å². The summed E-state index contributed by atoms with van der Waals surface area (Å²) in [5.41, 5.74) is 1.43. The molecule has 0 bridgehead atoms. The molecule has 0 spiro atoms. The van der Waals surface area contributed by atoms with Gasteiger partial charge in [-0.15, -0.1) is 0 Å². The van der Waals surface area contributed by atoms with E-state index in [1.807, 2.05) is 30.8 Å². The van der Waals surface area contributed by atoms with Gasteiger partial charge < -0.3 is 4.55 Å². The SMILES string of the molecule is C[N+](C)=CNc1ccc(Br)cc1C#N.O=S(=O)([O-])O. The molecule has 0 saturated carbocycles. The topological polar surface area (TPSA) is 116 Å². The number of nitrogens with one attached hydrogen (secondary N) is 1. The highest BCUT2D eigenvalue weighted by atomic mass is 79.9. The Morgan fingerprint density at radius 3 is 2.47 bits per heavy atom. The minimum atomic E-state index is -4.92. The average Bonchev–Trinajstić information content (AvgIpc) is 2.24. The molecule has 19 heavy (non-hydrogen) atoms. The second-order valence-electron chi connectivity index (χ2n) is 3.47. The van der Waals surface area contributed by atoms with Crippen molar-refractivity contribution in [1.82, 2.24) is 0 Å². The molecule has 0 fully saturated rings. The molecule has 0 radical (unpaired) electrons. The van der Waals surface area contributed by atoms with Gasteiger partial charge in [-0.1, -0.05) is 15.9 Å². The maximum atomic E-state index is 8.87. The smallest absolute Gasteiger partial charge is 0.236 e. The number of anilines is 1. The normalized spacial score (nSPS) is 9.68. The number of nitriles is 1. The Labute approximate surface area is 119 Å². The van der Waals surface area contributed by atoms with Gasteiger partial charge in [0.05, 0.1) is 19.7 Å². The summed E-state index contributed by atoms with van der Waals surface area (Å²) >= 11 is 3.32. The second-order valence-corrected chi connectivity index (χ2v) is 5.24. The average molecular weight is 350 g/mol. The van der Waals surface area contributed by atoms with Gasteiger partial charge in [-0.05, 0) is 18.2 Å². The molecule has 0 aliphatic heterocycles. The van der Waals surface area contributed by atoms with Crippen LogP contribution < -0.4 is 5.32 Å². The van der Waals surface area contributed by atoms with Crippen molar-refractivity contribution < 1.29 is 22.1 Å². The Hall–Kier alpha value is -1.47. The Morgan fingerprint density at radius 1 is 1.53 bits per heavy atom. The maximum Gasteiger partial charge on any atom is 0.236 e. The van der Waals surface area contributed by atoms with Gasteiger partial charge >= 0.3 is 0 Å². The summed E-state index contributed by atoms with van der Waals surface area (Å²) in [5, 5.41) is 11.9. The molecule has 9 heteroatoms. The van der Waals surface area contributed by atoms with Crippen molar-refractivity contribution in [2.24, 2.45) is 0 Å². The largest absolute Gasteiger partial charge is 0.726 e. The molecule has 104 valence electrons. The summed E-state index contributed by atoms with van der Waals surface area (Å²) < 4.78 is 35.6. The summed E-state index contributed by atoms with van der Waals surface area (Å²) in [6.07, 6.45) is 1.80. The van der Waals surface area contributed by atoms with Crippen LogP contribution in [0.4, 0.5) is 5.69 Å². The number of benzene rings is 1. The lowest BCUT2D eigenvalue weighted by Crippen LogP contribution is -2.08. The minimum Gasteiger partial charge on any atom is -0.726 e. The third-order valence-corrected chi connectivity index (χ3v) is 2.07. The molecule has 0 amide bonds. The van der Waals surface area contributed by atoms with Gasteiger partial charge in [-0.25, -0.2) is 13.7 Å². The molecule has 1 rings (SSSR count). The monoisotopic (exact) mass is 349 g/mol. The zero-order chi connectivity index (χ0) is 15.1. The molecule has 0 unspecified atom stereocenters. The Bertz CT molecular complexity index is 596. The number of nitrogens with zero attached hydrogens (tertiary/aromatic N) is 2. The molecular weight excluding hydrogens is 338 g/mol. The first-order valence-electron chi connectivity index (χ1n) is 4.77. The van der Waals surface area contributed by atoms with E-state index in [4.69, 9.17) is 22.8 Å². The quantitative estimate of drug-likeness (QED) is 0.271. The highest BCUT2D eigenvalue weighted by molar-refractivity contribution is 9.10. The fourth-order valence-corrected chi connectivity index (χ4v) is 1.29. The van der Waals surface area contributed by atoms with Crippen LogP contribution in [0.2, 0.25) is 0 Å². The third kappa shape index (κ3) is 10.2. The lowest BCUT2D eigenvalue weighted by atomic mass is 10.2. The van der Waals surface area contributed by atoms with Gasteiger partial charge in [0.25, 0.3) is 0 Å². The number of hydrogen-bond acceptors (Lipinski definition) is 4. The summed E-state index contributed by atoms with van der Waals surface area (Å²) in [6.45, 7) is 0. The summed E-state index contributed by atoms with van der Waals surface area (Å²) in [7, 11) is -1.09. The fraction of sp³-hybridized carbons (Fsp3) is 0.200. The van der Waals surface area contributed by atoms with Crippen LogP contribution in [-0.2, 0) is 10.4 Å². The van der Waals surface area contributed by atoms with E-state index in [1.165, 1.54) is 0 Å². The van der Waals surface area contributed by atoms with Crippen molar-refractivity contribution in [3.05, 3.63) is 28.2 Å². The zero-order valence-corrected chi connectivity index (χ0v) is 12.6. The highest BCUT2D eigenvalue weighted by Gasteiger charge is 2.04. The Balaban J connectivity index is 0.000000555. The molecule has 0 atom stereocenters. The second kappa shape index (κ2) is 7.85. The lowest BCUT2D eigenvalue weighted by Gasteiger charge is -1.98. The van der Waals surface area contributed by atoms with Crippen LogP contribution >= 0.6 is 15.9 Å². The van der Waals surface area contributed by atoms with E-state index in [0.717, 1.165) is 10.2 Å². The van der Waals surface area contributed by atoms with Crippen LogP contribution in [0.5, 0.6) is 0 Å². The van der Waals surface area contributed by atoms with E-state index < -0.39 is 10.4 Å². The zero-order valence-electron chi connectivity index (χ0n) is 10.2. The summed E-state index contributed by atoms with van der Waals surface area (Å²) in [5.74, 6) is 0. The molecule has 1 aromatic carbocycles. The van der Waals surface area contributed by atoms with Crippen LogP contribution in [0.15, 0.2) is 22.7 Å². The highest BCUT2D eigenvalue weighted by Crippen LogP contribution is 2.19. The van der Waals surface area contributed by atoms with Crippen LogP contribution in [0.25, 0.3) is 0 Å². The van der Waals surface area contributed by atoms with Crippen molar-refractivity contribution in [3.8, 4) is 6.07 Å². The van der Waals surface area contributed by atoms with Crippen LogP contribution in [0.3, 0.4) is 0 Å². The third-order valence-electron chi connectivity index (χ3n) is 1.58. The first-order chi connectivity index (χ1) is 8.63. The number of hydrogen-bond donors (Lipinski definition) is 2. The Kier molecular flexibility index (Phi) is 7.25. The van der Waals surface area contributed by atoms with Gasteiger partial charge in [0, 0.05) is 4.47 Å². The molecule has 0 aliphatic rings. The van der Waals surface area contributed by atoms with Crippen molar-refractivity contribution in [3.63, 3.8) is 0 Å². The van der Waals surface area contributed by atoms with E-state index in [1.54, 1.807) is 12.4 Å². The van der Waals surface area contributed by atoms with Gasteiger partial charge in [-0.3, -0.25) is 9.13 Å². The molecule has 0 aliphatic carbocycles. The van der Waals surface area contributed by atoms with Crippen LogP contribution in [0.1, 0.15) is 5.56 Å². The fourth-order valence-electron chi connectivity index (χ4n) is 0.933. The van der Waals surface area contributed by atoms with Crippen molar-refractivity contribution in [2.45, 2.75) is 0 Å². The van der Waals surface area contributed by atoms with E-state index in [9.17, 15) is 0 Å². The van der Waals surface area contributed by atoms with Crippen LogP contribution in [0, 0.1) is 11.3 Å². The van der Waals surface area contributed by atoms with Gasteiger partial charge in [0.15, 0.2) is 0 Å². The minimum absolute atomic E-state index is 0.623. The van der Waals surface area contributed by atoms with E-state index >= 15 is 0 Å². The maximum absolute atomic E-state index is 8.87. The van der Waals surface area contributed by atoms with Crippen molar-refractivity contribution >= 4 is 38.4 Å². The van der Waals surface area contributed by atoms with Gasteiger partial charge in [0.2, 0.25) is 16.7 Å². The lowest BCUT2D eigenvalue weighted by molar-refractivity contribution is -0.459. The molecule has 1 aromatic rings. The summed E-state index contributed by atoms with van der Waals surface area (Å²) in [6, 6.07) is 7.67. The molecule has 2 N–H and O–H groups in total. The van der Waals surface area contributed by atoms with Crippen molar-refractivity contribution in [1.29, 1.82) is 5.26 Å². The molecule has 7 nitrogen and oxygen atoms in total. The molecule has 0 heterocycles. The standard InChI is InChI=1S/C10H10BrN3.H2O4S/c1-14(2)7-13-10-4-3-9(11)5-8(10)6-12;1-5(2,3)4/h3-5,7H,1-2H3;(H2,1,2,3,4). The number of rotatable bonds is 2. The molecule has 0 saturated heterocycles.